The summed E-state index contributed by atoms with van der Waals surface area (Å²) in [5, 5.41) is 21.3. The Kier molecular flexibility index (Phi) is 4.73. The van der Waals surface area contributed by atoms with Crippen molar-refractivity contribution in [3.63, 3.8) is 0 Å². The molecular formula is C10H16BrNO2S. The van der Waals surface area contributed by atoms with Gasteiger partial charge in [-0.05, 0) is 41.4 Å². The van der Waals surface area contributed by atoms with E-state index in [1.807, 2.05) is 6.92 Å². The lowest BCUT2D eigenvalue weighted by Crippen LogP contribution is -2.48. The van der Waals surface area contributed by atoms with Crippen molar-refractivity contribution in [1.82, 2.24) is 5.32 Å². The summed E-state index contributed by atoms with van der Waals surface area (Å²) in [4.78, 5) is 1.19. The van der Waals surface area contributed by atoms with Crippen molar-refractivity contribution in [2.24, 2.45) is 0 Å². The van der Waals surface area contributed by atoms with Crippen molar-refractivity contribution < 1.29 is 10.2 Å². The molecule has 1 aromatic rings. The highest BCUT2D eigenvalue weighted by molar-refractivity contribution is 9.11. The Hall–Kier alpha value is 0.0600. The Bertz CT molecular complexity index is 304. The maximum Gasteiger partial charge on any atom is 0.0730 e. The van der Waals surface area contributed by atoms with Gasteiger partial charge in [-0.1, -0.05) is 0 Å². The van der Waals surface area contributed by atoms with Gasteiger partial charge in [0.1, 0.15) is 0 Å². The molecule has 0 amide bonds. The number of halogens is 1. The minimum Gasteiger partial charge on any atom is -0.394 e. The number of aliphatic hydroxyl groups excluding tert-OH is 2. The van der Waals surface area contributed by atoms with Gasteiger partial charge in [-0.3, -0.25) is 0 Å². The van der Waals surface area contributed by atoms with Crippen molar-refractivity contribution >= 4 is 27.3 Å². The second kappa shape index (κ2) is 5.41. The maximum absolute atomic E-state index is 9.09. The summed E-state index contributed by atoms with van der Waals surface area (Å²) in [6.07, 6.45) is 0. The van der Waals surface area contributed by atoms with Crippen molar-refractivity contribution in [3.8, 4) is 0 Å². The lowest BCUT2D eigenvalue weighted by Gasteiger charge is -2.25. The highest BCUT2D eigenvalue weighted by Gasteiger charge is 2.21. The molecule has 0 bridgehead atoms. The molecule has 5 heteroatoms. The predicted molar refractivity (Wildman–Crippen MR) is 66.2 cm³/mol. The highest BCUT2D eigenvalue weighted by Crippen LogP contribution is 2.27. The topological polar surface area (TPSA) is 52.5 Å². The van der Waals surface area contributed by atoms with Crippen molar-refractivity contribution in [3.05, 3.63) is 20.3 Å². The van der Waals surface area contributed by atoms with Crippen molar-refractivity contribution in [2.75, 3.05) is 13.2 Å². The minimum absolute atomic E-state index is 0.0744. The van der Waals surface area contributed by atoms with Crippen LogP contribution in [-0.2, 0) is 6.54 Å². The maximum atomic E-state index is 9.09. The molecule has 0 unspecified atom stereocenters. The van der Waals surface area contributed by atoms with Crippen LogP contribution in [0.3, 0.4) is 0 Å². The van der Waals surface area contributed by atoms with Gasteiger partial charge in [-0.25, -0.2) is 0 Å². The van der Waals surface area contributed by atoms with Gasteiger partial charge in [0.2, 0.25) is 0 Å². The minimum atomic E-state index is -0.607. The molecule has 0 saturated carbocycles. The van der Waals surface area contributed by atoms with E-state index in [1.165, 1.54) is 10.4 Å². The zero-order chi connectivity index (χ0) is 11.5. The van der Waals surface area contributed by atoms with Crippen LogP contribution in [0.25, 0.3) is 0 Å². The average Bonchev–Trinajstić information content (AvgIpc) is 2.55. The molecule has 0 aliphatic rings. The van der Waals surface area contributed by atoms with E-state index in [-0.39, 0.29) is 13.2 Å². The van der Waals surface area contributed by atoms with Crippen LogP contribution >= 0.6 is 27.3 Å². The van der Waals surface area contributed by atoms with Crippen molar-refractivity contribution in [1.29, 1.82) is 0 Å². The molecule has 3 nitrogen and oxygen atoms in total. The van der Waals surface area contributed by atoms with E-state index in [0.717, 1.165) is 3.79 Å². The summed E-state index contributed by atoms with van der Waals surface area (Å²) in [6.45, 7) is 4.35. The summed E-state index contributed by atoms with van der Waals surface area (Å²) in [7, 11) is 0. The molecular weight excluding hydrogens is 278 g/mol. The third-order valence-corrected chi connectivity index (χ3v) is 4.43. The number of aryl methyl sites for hydroxylation is 1. The number of hydrogen-bond acceptors (Lipinski definition) is 4. The van der Waals surface area contributed by atoms with E-state index in [4.69, 9.17) is 10.2 Å². The summed E-state index contributed by atoms with van der Waals surface area (Å²) >= 11 is 5.13. The van der Waals surface area contributed by atoms with E-state index in [2.05, 4.69) is 27.3 Å². The second-order valence-corrected chi connectivity index (χ2v) is 6.35. The summed E-state index contributed by atoms with van der Waals surface area (Å²) in [5.74, 6) is 0. The standard InChI is InChI=1S/C10H16BrNO2S/c1-7-3-8(15-9(7)11)4-12-10(2,5-13)6-14/h3,12-14H,4-6H2,1-2H3. The molecule has 1 aromatic heterocycles. The lowest BCUT2D eigenvalue weighted by molar-refractivity contribution is 0.103. The van der Waals surface area contributed by atoms with Gasteiger partial charge in [0.25, 0.3) is 0 Å². The Morgan fingerprint density at radius 2 is 2.07 bits per heavy atom. The van der Waals surface area contributed by atoms with Gasteiger partial charge in [0, 0.05) is 11.4 Å². The van der Waals surface area contributed by atoms with Crippen LogP contribution < -0.4 is 5.32 Å². The first kappa shape index (κ1) is 13.1. The fourth-order valence-corrected chi connectivity index (χ4v) is 2.64. The molecule has 0 aromatic carbocycles. The van der Waals surface area contributed by atoms with Crippen LogP contribution in [0.1, 0.15) is 17.4 Å². The number of thiophene rings is 1. The molecule has 0 spiro atoms. The molecule has 0 saturated heterocycles. The molecule has 1 rings (SSSR count). The zero-order valence-electron chi connectivity index (χ0n) is 8.88. The van der Waals surface area contributed by atoms with Crippen LogP contribution in [0.15, 0.2) is 9.85 Å². The molecule has 0 aliphatic carbocycles. The predicted octanol–water partition coefficient (Wildman–Crippen LogP) is 1.65. The molecule has 0 aliphatic heterocycles. The van der Waals surface area contributed by atoms with Crippen LogP contribution in [0, 0.1) is 6.92 Å². The van der Waals surface area contributed by atoms with E-state index in [9.17, 15) is 0 Å². The Morgan fingerprint density at radius 1 is 1.47 bits per heavy atom. The zero-order valence-corrected chi connectivity index (χ0v) is 11.3. The first-order chi connectivity index (χ1) is 7.00. The van der Waals surface area contributed by atoms with Crippen LogP contribution in [0.5, 0.6) is 0 Å². The van der Waals surface area contributed by atoms with E-state index in [0.29, 0.717) is 6.54 Å². The quantitative estimate of drug-likeness (QED) is 0.774. The first-order valence-corrected chi connectivity index (χ1v) is 6.33. The van der Waals surface area contributed by atoms with Gasteiger partial charge in [0.05, 0.1) is 22.5 Å². The van der Waals surface area contributed by atoms with Gasteiger partial charge < -0.3 is 15.5 Å². The van der Waals surface area contributed by atoms with E-state index >= 15 is 0 Å². The van der Waals surface area contributed by atoms with Crippen LogP contribution in [0.4, 0.5) is 0 Å². The number of aliphatic hydroxyl groups is 2. The molecule has 1 heterocycles. The molecule has 15 heavy (non-hydrogen) atoms. The Balaban J connectivity index is 2.56. The molecule has 0 fully saturated rings. The summed E-state index contributed by atoms with van der Waals surface area (Å²) in [5.41, 5.74) is 0.608. The smallest absolute Gasteiger partial charge is 0.0730 e. The fraction of sp³-hybridized carbons (Fsp3) is 0.600. The van der Waals surface area contributed by atoms with Crippen LogP contribution in [0.2, 0.25) is 0 Å². The van der Waals surface area contributed by atoms with Crippen molar-refractivity contribution in [2.45, 2.75) is 25.9 Å². The third-order valence-electron chi connectivity index (χ3n) is 2.30. The van der Waals surface area contributed by atoms with Crippen LogP contribution in [-0.4, -0.2) is 29.0 Å². The summed E-state index contributed by atoms with van der Waals surface area (Å²) < 4.78 is 1.13. The van der Waals surface area contributed by atoms with Gasteiger partial charge in [0.15, 0.2) is 0 Å². The number of nitrogens with one attached hydrogen (secondary N) is 1. The van der Waals surface area contributed by atoms with Gasteiger partial charge >= 0.3 is 0 Å². The summed E-state index contributed by atoms with van der Waals surface area (Å²) in [6, 6.07) is 2.09. The lowest BCUT2D eigenvalue weighted by atomic mass is 10.1. The fourth-order valence-electron chi connectivity index (χ4n) is 1.07. The van der Waals surface area contributed by atoms with E-state index < -0.39 is 5.54 Å². The first-order valence-electron chi connectivity index (χ1n) is 4.72. The molecule has 86 valence electrons. The second-order valence-electron chi connectivity index (χ2n) is 3.90. The SMILES string of the molecule is Cc1cc(CNC(C)(CO)CO)sc1Br. The highest BCUT2D eigenvalue weighted by atomic mass is 79.9. The molecule has 0 atom stereocenters. The largest absolute Gasteiger partial charge is 0.394 e. The monoisotopic (exact) mass is 293 g/mol. The number of hydrogen-bond donors (Lipinski definition) is 3. The van der Waals surface area contributed by atoms with E-state index in [1.54, 1.807) is 18.3 Å². The van der Waals surface area contributed by atoms with Gasteiger partial charge in [-0.15, -0.1) is 11.3 Å². The average molecular weight is 294 g/mol. The third kappa shape index (κ3) is 3.53. The Labute approximate surface area is 102 Å². The Morgan fingerprint density at radius 3 is 2.47 bits per heavy atom. The number of rotatable bonds is 5. The normalized spacial score (nSPS) is 12.1. The van der Waals surface area contributed by atoms with Gasteiger partial charge in [-0.2, -0.15) is 0 Å². The molecule has 0 radical (unpaired) electrons. The molecule has 3 N–H and O–H groups in total.